The minimum atomic E-state index is -0.398. The van der Waals surface area contributed by atoms with Crippen molar-refractivity contribution < 1.29 is 4.79 Å². The molecule has 0 aliphatic heterocycles. The molecule has 3 N–H and O–H groups in total. The van der Waals surface area contributed by atoms with E-state index in [1.807, 2.05) is 32.0 Å². The van der Waals surface area contributed by atoms with Crippen molar-refractivity contribution in [3.05, 3.63) is 28.2 Å². The van der Waals surface area contributed by atoms with Gasteiger partial charge in [0.2, 0.25) is 5.91 Å². The molecule has 0 radical (unpaired) electrons. The monoisotopic (exact) mass is 328 g/mol. The number of amides is 1. The van der Waals surface area contributed by atoms with Crippen LogP contribution < -0.4 is 11.1 Å². The third-order valence-electron chi connectivity index (χ3n) is 2.68. The number of benzene rings is 1. The minimum absolute atomic E-state index is 0.139. The van der Waals surface area contributed by atoms with Crippen LogP contribution in [0.25, 0.3) is 0 Å². The number of anilines is 1. The molecule has 3 nitrogen and oxygen atoms in total. The van der Waals surface area contributed by atoms with Crippen LogP contribution in [0.5, 0.6) is 0 Å². The van der Waals surface area contributed by atoms with E-state index in [0.29, 0.717) is 6.42 Å². The number of carbonyl (C=O) groups is 1. The number of hydrogen-bond donors (Lipinski definition) is 2. The average Bonchev–Trinajstić information content (AvgIpc) is 2.30. The summed E-state index contributed by atoms with van der Waals surface area (Å²) in [6, 6.07) is 5.67. The maximum Gasteiger partial charge on any atom is 0.234 e. The van der Waals surface area contributed by atoms with Crippen LogP contribution in [0.4, 0.5) is 5.69 Å². The highest BCUT2D eigenvalue weighted by molar-refractivity contribution is 9.10. The van der Waals surface area contributed by atoms with Gasteiger partial charge in [-0.25, -0.2) is 0 Å². The first-order valence-electron chi connectivity index (χ1n) is 5.82. The summed E-state index contributed by atoms with van der Waals surface area (Å²) in [6.45, 7) is 3.99. The maximum absolute atomic E-state index is 12.0. The van der Waals surface area contributed by atoms with E-state index < -0.39 is 5.92 Å². The Kier molecular flexibility index (Phi) is 5.75. The second-order valence-corrected chi connectivity index (χ2v) is 5.52. The van der Waals surface area contributed by atoms with Gasteiger partial charge in [0.15, 0.2) is 0 Å². The standard InChI is InChI=1S/C13H17BrN2OS/c1-3-4-10(12(15)18)13(17)16-9-6-5-8(2)11(14)7-9/h5-7,10H,3-4H2,1-2H3,(H2,15,18)(H,16,17). The molecule has 0 fully saturated rings. The van der Waals surface area contributed by atoms with Gasteiger partial charge in [-0.15, -0.1) is 0 Å². The Bertz CT molecular complexity index is 462. The molecule has 0 aliphatic rings. The molecule has 0 saturated heterocycles. The van der Waals surface area contributed by atoms with Gasteiger partial charge in [0.05, 0.1) is 10.9 Å². The van der Waals surface area contributed by atoms with Crippen LogP contribution in [0, 0.1) is 12.8 Å². The van der Waals surface area contributed by atoms with Crippen LogP contribution in [0.3, 0.4) is 0 Å². The van der Waals surface area contributed by atoms with Crippen LogP contribution >= 0.6 is 28.1 Å². The van der Waals surface area contributed by atoms with Crippen molar-refractivity contribution in [3.63, 3.8) is 0 Å². The summed E-state index contributed by atoms with van der Waals surface area (Å²) in [5, 5.41) is 2.84. The Morgan fingerprint density at radius 3 is 2.72 bits per heavy atom. The van der Waals surface area contributed by atoms with Gasteiger partial charge in [-0.1, -0.05) is 47.6 Å². The number of nitrogens with two attached hydrogens (primary N) is 1. The van der Waals surface area contributed by atoms with E-state index in [9.17, 15) is 4.79 Å². The number of halogens is 1. The lowest BCUT2D eigenvalue weighted by molar-refractivity contribution is -0.118. The lowest BCUT2D eigenvalue weighted by Crippen LogP contribution is -2.33. The average molecular weight is 329 g/mol. The molecule has 1 atom stereocenters. The molecule has 1 rings (SSSR count). The normalized spacial score (nSPS) is 11.9. The molecule has 1 amide bonds. The van der Waals surface area contributed by atoms with Gasteiger partial charge in [0, 0.05) is 10.2 Å². The quantitative estimate of drug-likeness (QED) is 0.814. The lowest BCUT2D eigenvalue weighted by atomic mass is 10.0. The second kappa shape index (κ2) is 6.85. The first kappa shape index (κ1) is 15.1. The van der Waals surface area contributed by atoms with Crippen molar-refractivity contribution in [1.82, 2.24) is 0 Å². The zero-order valence-corrected chi connectivity index (χ0v) is 12.9. The van der Waals surface area contributed by atoms with Crippen molar-refractivity contribution in [2.75, 3.05) is 5.32 Å². The molecule has 5 heteroatoms. The van der Waals surface area contributed by atoms with Crippen LogP contribution in [-0.2, 0) is 4.79 Å². The zero-order valence-electron chi connectivity index (χ0n) is 10.5. The molecule has 0 aromatic heterocycles. The number of carbonyl (C=O) groups excluding carboxylic acids is 1. The summed E-state index contributed by atoms with van der Waals surface area (Å²) in [6.07, 6.45) is 1.54. The van der Waals surface area contributed by atoms with Crippen LogP contribution in [0.15, 0.2) is 22.7 Å². The van der Waals surface area contributed by atoms with Crippen molar-refractivity contribution in [3.8, 4) is 0 Å². The molecule has 1 aromatic rings. The van der Waals surface area contributed by atoms with Crippen LogP contribution in [0.1, 0.15) is 25.3 Å². The molecule has 98 valence electrons. The number of rotatable bonds is 5. The van der Waals surface area contributed by atoms with Crippen molar-refractivity contribution in [2.45, 2.75) is 26.7 Å². The van der Waals surface area contributed by atoms with Gasteiger partial charge in [-0.05, 0) is 31.0 Å². The summed E-state index contributed by atoms with van der Waals surface area (Å²) < 4.78 is 0.961. The maximum atomic E-state index is 12.0. The first-order chi connectivity index (χ1) is 8.45. The predicted molar refractivity (Wildman–Crippen MR) is 82.7 cm³/mol. The minimum Gasteiger partial charge on any atom is -0.393 e. The predicted octanol–water partition coefficient (Wildman–Crippen LogP) is 3.40. The highest BCUT2D eigenvalue weighted by Crippen LogP contribution is 2.21. The summed E-state index contributed by atoms with van der Waals surface area (Å²) in [5.41, 5.74) is 7.46. The van der Waals surface area contributed by atoms with Gasteiger partial charge in [-0.2, -0.15) is 0 Å². The largest absolute Gasteiger partial charge is 0.393 e. The number of nitrogens with one attached hydrogen (secondary N) is 1. The molecular weight excluding hydrogens is 312 g/mol. The molecule has 1 unspecified atom stereocenters. The molecular formula is C13H17BrN2OS. The van der Waals surface area contributed by atoms with Gasteiger partial charge in [0.1, 0.15) is 0 Å². The van der Waals surface area contributed by atoms with E-state index >= 15 is 0 Å². The number of aryl methyl sites for hydroxylation is 1. The number of thiocarbonyl (C=S) groups is 1. The Morgan fingerprint density at radius 2 is 2.22 bits per heavy atom. The third kappa shape index (κ3) is 4.07. The Hall–Kier alpha value is -0.940. The molecule has 0 saturated carbocycles. The fourth-order valence-corrected chi connectivity index (χ4v) is 2.19. The zero-order chi connectivity index (χ0) is 13.7. The highest BCUT2D eigenvalue weighted by Gasteiger charge is 2.20. The van der Waals surface area contributed by atoms with Crippen molar-refractivity contribution in [2.24, 2.45) is 11.7 Å². The van der Waals surface area contributed by atoms with E-state index in [-0.39, 0.29) is 10.9 Å². The van der Waals surface area contributed by atoms with Crippen LogP contribution in [0.2, 0.25) is 0 Å². The Morgan fingerprint density at radius 1 is 1.56 bits per heavy atom. The molecule has 0 spiro atoms. The fraction of sp³-hybridized carbons (Fsp3) is 0.385. The number of hydrogen-bond acceptors (Lipinski definition) is 2. The highest BCUT2D eigenvalue weighted by atomic mass is 79.9. The summed E-state index contributed by atoms with van der Waals surface area (Å²) >= 11 is 8.36. The SMILES string of the molecule is CCCC(C(=O)Nc1ccc(C)c(Br)c1)C(N)=S. The molecule has 1 aromatic carbocycles. The van der Waals surface area contributed by atoms with Gasteiger partial charge in [0.25, 0.3) is 0 Å². The fourth-order valence-electron chi connectivity index (χ4n) is 1.59. The Balaban J connectivity index is 2.79. The van der Waals surface area contributed by atoms with Gasteiger partial charge >= 0.3 is 0 Å². The van der Waals surface area contributed by atoms with Crippen LogP contribution in [-0.4, -0.2) is 10.9 Å². The second-order valence-electron chi connectivity index (χ2n) is 4.20. The Labute approximate surface area is 121 Å². The third-order valence-corrected chi connectivity index (χ3v) is 3.82. The molecule has 18 heavy (non-hydrogen) atoms. The van der Waals surface area contributed by atoms with Gasteiger partial charge in [-0.3, -0.25) is 4.79 Å². The summed E-state index contributed by atoms with van der Waals surface area (Å²) in [5.74, 6) is -0.537. The molecule has 0 bridgehead atoms. The van der Waals surface area contributed by atoms with E-state index in [2.05, 4.69) is 21.2 Å². The molecule has 0 aliphatic carbocycles. The van der Waals surface area contributed by atoms with Gasteiger partial charge < -0.3 is 11.1 Å². The smallest absolute Gasteiger partial charge is 0.234 e. The molecule has 0 heterocycles. The summed E-state index contributed by atoms with van der Waals surface area (Å²) in [7, 11) is 0. The summed E-state index contributed by atoms with van der Waals surface area (Å²) in [4.78, 5) is 12.3. The van der Waals surface area contributed by atoms with E-state index in [4.69, 9.17) is 18.0 Å². The van der Waals surface area contributed by atoms with E-state index in [1.54, 1.807) is 0 Å². The topological polar surface area (TPSA) is 55.1 Å². The first-order valence-corrected chi connectivity index (χ1v) is 7.02. The van der Waals surface area contributed by atoms with E-state index in [0.717, 1.165) is 22.1 Å². The van der Waals surface area contributed by atoms with E-state index in [1.165, 1.54) is 0 Å². The lowest BCUT2D eigenvalue weighted by Gasteiger charge is -2.15. The van der Waals surface area contributed by atoms with Crippen molar-refractivity contribution >= 4 is 44.7 Å². The van der Waals surface area contributed by atoms with Crippen molar-refractivity contribution in [1.29, 1.82) is 0 Å².